The summed E-state index contributed by atoms with van der Waals surface area (Å²) in [6.45, 7) is 6.24. The molecule has 0 aliphatic carbocycles. The SMILES string of the molecule is CCOC(=O)N(C)CC(=O)N(C)CC(=O)OCCCC(C)C. The zero-order chi connectivity index (χ0) is 17.1. The van der Waals surface area contributed by atoms with E-state index in [1.165, 1.54) is 19.0 Å². The van der Waals surface area contributed by atoms with Gasteiger partial charge in [-0.1, -0.05) is 13.8 Å². The quantitative estimate of drug-likeness (QED) is 0.476. The summed E-state index contributed by atoms with van der Waals surface area (Å²) in [4.78, 5) is 37.3. The summed E-state index contributed by atoms with van der Waals surface area (Å²) in [5.41, 5.74) is 0. The number of hydrogen-bond acceptors (Lipinski definition) is 5. The van der Waals surface area contributed by atoms with Crippen molar-refractivity contribution in [2.24, 2.45) is 5.92 Å². The van der Waals surface area contributed by atoms with E-state index >= 15 is 0 Å². The smallest absolute Gasteiger partial charge is 0.409 e. The average molecular weight is 316 g/mol. The zero-order valence-electron chi connectivity index (χ0n) is 14.3. The fourth-order valence-corrected chi connectivity index (χ4v) is 1.63. The number of carbonyl (C=O) groups is 3. The number of likely N-dealkylation sites (N-methyl/N-ethyl adjacent to an activating group) is 2. The molecule has 0 aromatic rings. The van der Waals surface area contributed by atoms with E-state index in [1.807, 2.05) is 0 Å². The second-order valence-electron chi connectivity index (χ2n) is 5.56. The molecule has 0 spiro atoms. The lowest BCUT2D eigenvalue weighted by molar-refractivity contribution is -0.148. The van der Waals surface area contributed by atoms with Crippen LogP contribution < -0.4 is 0 Å². The average Bonchev–Trinajstić information content (AvgIpc) is 2.43. The molecule has 0 radical (unpaired) electrons. The van der Waals surface area contributed by atoms with Crippen LogP contribution in [0.3, 0.4) is 0 Å². The fourth-order valence-electron chi connectivity index (χ4n) is 1.63. The summed E-state index contributed by atoms with van der Waals surface area (Å²) in [6, 6.07) is 0. The molecule has 7 heteroatoms. The van der Waals surface area contributed by atoms with Crippen LogP contribution in [0.15, 0.2) is 0 Å². The lowest BCUT2D eigenvalue weighted by Gasteiger charge is -2.21. The predicted molar refractivity (Wildman–Crippen MR) is 82.3 cm³/mol. The summed E-state index contributed by atoms with van der Waals surface area (Å²) >= 11 is 0. The molecule has 0 aromatic heterocycles. The molecule has 2 amide bonds. The third kappa shape index (κ3) is 9.20. The Labute approximate surface area is 132 Å². The summed E-state index contributed by atoms with van der Waals surface area (Å²) in [5.74, 6) is -0.227. The highest BCUT2D eigenvalue weighted by atomic mass is 16.6. The maximum Gasteiger partial charge on any atom is 0.409 e. The predicted octanol–water partition coefficient (Wildman–Crippen LogP) is 1.51. The van der Waals surface area contributed by atoms with Crippen molar-refractivity contribution in [2.45, 2.75) is 33.6 Å². The van der Waals surface area contributed by atoms with E-state index in [1.54, 1.807) is 6.92 Å². The van der Waals surface area contributed by atoms with Crippen LogP contribution in [0.4, 0.5) is 4.79 Å². The molecule has 0 aliphatic heterocycles. The molecule has 0 unspecified atom stereocenters. The molecule has 7 nitrogen and oxygen atoms in total. The first kappa shape index (κ1) is 20.2. The molecule has 0 rings (SSSR count). The highest BCUT2D eigenvalue weighted by molar-refractivity contribution is 5.85. The van der Waals surface area contributed by atoms with Gasteiger partial charge in [-0.15, -0.1) is 0 Å². The molecule has 0 bridgehead atoms. The van der Waals surface area contributed by atoms with E-state index in [4.69, 9.17) is 9.47 Å². The van der Waals surface area contributed by atoms with Crippen molar-refractivity contribution in [2.75, 3.05) is 40.4 Å². The van der Waals surface area contributed by atoms with Gasteiger partial charge in [0.25, 0.3) is 0 Å². The molecule has 0 aliphatic rings. The monoisotopic (exact) mass is 316 g/mol. The van der Waals surface area contributed by atoms with E-state index in [0.29, 0.717) is 12.5 Å². The van der Waals surface area contributed by atoms with Gasteiger partial charge in [0.2, 0.25) is 5.91 Å². The van der Waals surface area contributed by atoms with Gasteiger partial charge in [0.05, 0.1) is 13.2 Å². The van der Waals surface area contributed by atoms with Crippen molar-refractivity contribution >= 4 is 18.0 Å². The number of amides is 2. The number of ether oxygens (including phenoxy) is 2. The Balaban J connectivity index is 4.03. The van der Waals surface area contributed by atoms with Gasteiger partial charge in [0.1, 0.15) is 13.1 Å². The van der Waals surface area contributed by atoms with Crippen molar-refractivity contribution < 1.29 is 23.9 Å². The number of esters is 1. The number of rotatable bonds is 9. The van der Waals surface area contributed by atoms with Crippen LogP contribution in [0.5, 0.6) is 0 Å². The van der Waals surface area contributed by atoms with Crippen LogP contribution in [0, 0.1) is 5.92 Å². The van der Waals surface area contributed by atoms with Gasteiger partial charge in [-0.2, -0.15) is 0 Å². The van der Waals surface area contributed by atoms with E-state index < -0.39 is 12.1 Å². The van der Waals surface area contributed by atoms with E-state index in [9.17, 15) is 14.4 Å². The largest absolute Gasteiger partial charge is 0.464 e. The van der Waals surface area contributed by atoms with Crippen LogP contribution >= 0.6 is 0 Å². The molecule has 0 atom stereocenters. The van der Waals surface area contributed by atoms with E-state index in [-0.39, 0.29) is 25.6 Å². The summed E-state index contributed by atoms with van der Waals surface area (Å²) < 4.78 is 9.84. The third-order valence-electron chi connectivity index (χ3n) is 2.93. The second kappa shape index (κ2) is 10.9. The highest BCUT2D eigenvalue weighted by Gasteiger charge is 2.18. The van der Waals surface area contributed by atoms with Gasteiger partial charge in [-0.3, -0.25) is 9.59 Å². The summed E-state index contributed by atoms with van der Waals surface area (Å²) in [5, 5.41) is 0. The number of nitrogens with zero attached hydrogens (tertiary/aromatic N) is 2. The lowest BCUT2D eigenvalue weighted by atomic mass is 10.1. The summed E-state index contributed by atoms with van der Waals surface area (Å²) in [7, 11) is 2.96. The molecule has 0 aromatic carbocycles. The molecule has 128 valence electrons. The zero-order valence-corrected chi connectivity index (χ0v) is 14.3. The Bertz CT molecular complexity index is 371. The van der Waals surface area contributed by atoms with Crippen LogP contribution in [0.1, 0.15) is 33.6 Å². The van der Waals surface area contributed by atoms with Gasteiger partial charge in [0, 0.05) is 14.1 Å². The van der Waals surface area contributed by atoms with Crippen LogP contribution in [0.2, 0.25) is 0 Å². The Kier molecular flexibility index (Phi) is 9.98. The molecular weight excluding hydrogens is 288 g/mol. The molecule has 0 heterocycles. The molecule has 22 heavy (non-hydrogen) atoms. The third-order valence-corrected chi connectivity index (χ3v) is 2.93. The van der Waals surface area contributed by atoms with Gasteiger partial charge in [0.15, 0.2) is 0 Å². The van der Waals surface area contributed by atoms with Crippen molar-refractivity contribution in [3.8, 4) is 0 Å². The van der Waals surface area contributed by atoms with Gasteiger partial charge in [-0.25, -0.2) is 4.79 Å². The summed E-state index contributed by atoms with van der Waals surface area (Å²) in [6.07, 6.45) is 1.24. The lowest BCUT2D eigenvalue weighted by Crippen LogP contribution is -2.41. The Morgan fingerprint density at radius 3 is 2.18 bits per heavy atom. The van der Waals surface area contributed by atoms with Crippen LogP contribution in [0.25, 0.3) is 0 Å². The van der Waals surface area contributed by atoms with Gasteiger partial charge in [-0.05, 0) is 25.7 Å². The first-order chi connectivity index (χ1) is 10.3. The van der Waals surface area contributed by atoms with Crippen LogP contribution in [-0.4, -0.2) is 68.2 Å². The van der Waals surface area contributed by atoms with E-state index in [0.717, 1.165) is 17.7 Å². The molecule has 0 N–H and O–H groups in total. The molecular formula is C15H28N2O5. The molecule has 0 fully saturated rings. The Morgan fingerprint density at radius 2 is 1.64 bits per heavy atom. The van der Waals surface area contributed by atoms with Crippen molar-refractivity contribution in [1.29, 1.82) is 0 Å². The Morgan fingerprint density at radius 1 is 1.00 bits per heavy atom. The minimum absolute atomic E-state index is 0.128. The van der Waals surface area contributed by atoms with Gasteiger partial charge < -0.3 is 19.3 Å². The van der Waals surface area contributed by atoms with Crippen LogP contribution in [-0.2, 0) is 19.1 Å². The normalized spacial score (nSPS) is 10.3. The first-order valence-corrected chi connectivity index (χ1v) is 7.55. The standard InChI is InChI=1S/C15H28N2O5/c1-6-21-15(20)17(5)10-13(18)16(4)11-14(19)22-9-7-8-12(2)3/h12H,6-11H2,1-5H3. The fraction of sp³-hybridized carbons (Fsp3) is 0.800. The van der Waals surface area contributed by atoms with Gasteiger partial charge >= 0.3 is 12.1 Å². The van der Waals surface area contributed by atoms with Crippen molar-refractivity contribution in [3.63, 3.8) is 0 Å². The highest BCUT2D eigenvalue weighted by Crippen LogP contribution is 2.03. The number of carbonyl (C=O) groups excluding carboxylic acids is 3. The molecule has 0 saturated carbocycles. The second-order valence-corrected chi connectivity index (χ2v) is 5.56. The minimum atomic E-state index is -0.569. The maximum atomic E-state index is 11.9. The number of hydrogen-bond donors (Lipinski definition) is 0. The van der Waals surface area contributed by atoms with Crippen molar-refractivity contribution in [1.82, 2.24) is 9.80 Å². The Hall–Kier alpha value is -1.79. The maximum absolute atomic E-state index is 11.9. The first-order valence-electron chi connectivity index (χ1n) is 7.55. The topological polar surface area (TPSA) is 76.2 Å². The van der Waals surface area contributed by atoms with E-state index in [2.05, 4.69) is 13.8 Å². The molecule has 0 saturated heterocycles. The van der Waals surface area contributed by atoms with Crippen molar-refractivity contribution in [3.05, 3.63) is 0 Å². The minimum Gasteiger partial charge on any atom is -0.464 e.